The van der Waals surface area contributed by atoms with Gasteiger partial charge in [-0.05, 0) is 61.1 Å². The molecule has 0 aliphatic heterocycles. The summed E-state index contributed by atoms with van der Waals surface area (Å²) in [5.41, 5.74) is 4.91. The van der Waals surface area contributed by atoms with Crippen LogP contribution in [0.1, 0.15) is 61.7 Å². The van der Waals surface area contributed by atoms with Gasteiger partial charge in [0.15, 0.2) is 0 Å². The number of hydrogen-bond donors (Lipinski definition) is 1. The van der Waals surface area contributed by atoms with Crippen LogP contribution in [0.15, 0.2) is 79.0 Å². The number of aromatic nitrogens is 1. The SMILES string of the molecule is COc1ccccc1CN(CCc1c[nH]c2ccccc12)C(=O)CN(C(=O)c1ccc(C(C)(C)C)cc1)C(C)C. The number of nitrogens with zero attached hydrogens (tertiary/aromatic N) is 2. The lowest BCUT2D eigenvalue weighted by Gasteiger charge is -2.31. The molecule has 4 rings (SSSR count). The zero-order valence-corrected chi connectivity index (χ0v) is 24.5. The summed E-state index contributed by atoms with van der Waals surface area (Å²) in [4.78, 5) is 34.3. The molecular weight excluding hydrogens is 498 g/mol. The lowest BCUT2D eigenvalue weighted by molar-refractivity contribution is -0.132. The quantitative estimate of drug-likeness (QED) is 0.247. The summed E-state index contributed by atoms with van der Waals surface area (Å²) in [6, 6.07) is 23.5. The Balaban J connectivity index is 1.56. The number of fused-ring (bicyclic) bond motifs is 1. The molecule has 3 aromatic carbocycles. The molecule has 6 heteroatoms. The number of methoxy groups -OCH3 is 1. The summed E-state index contributed by atoms with van der Waals surface area (Å²) < 4.78 is 5.58. The van der Waals surface area contributed by atoms with Crippen LogP contribution >= 0.6 is 0 Å². The number of benzene rings is 3. The molecule has 4 aromatic rings. The Bertz CT molecular complexity index is 1450. The molecule has 40 heavy (non-hydrogen) atoms. The van der Waals surface area contributed by atoms with Gasteiger partial charge in [-0.3, -0.25) is 9.59 Å². The Kier molecular flexibility index (Phi) is 8.98. The number of ether oxygens (including phenoxy) is 1. The third-order valence-corrected chi connectivity index (χ3v) is 7.42. The van der Waals surface area contributed by atoms with Gasteiger partial charge in [0, 0.05) is 47.4 Å². The highest BCUT2D eigenvalue weighted by molar-refractivity contribution is 5.96. The van der Waals surface area contributed by atoms with Gasteiger partial charge in [-0.1, -0.05) is 69.3 Å². The molecule has 0 fully saturated rings. The number of H-pyrrole nitrogens is 1. The summed E-state index contributed by atoms with van der Waals surface area (Å²) in [5, 5.41) is 1.16. The molecule has 0 spiro atoms. The second-order valence-electron chi connectivity index (χ2n) is 11.6. The van der Waals surface area contributed by atoms with E-state index in [2.05, 4.69) is 37.9 Å². The second-order valence-corrected chi connectivity index (χ2v) is 11.6. The molecule has 0 aliphatic carbocycles. The molecule has 6 nitrogen and oxygen atoms in total. The standard InChI is InChI=1S/C34H41N3O3/c1-24(2)37(33(39)25-15-17-28(18-16-25)34(3,4)5)23-32(38)36(22-27-11-7-10-14-31(27)40-6)20-19-26-21-35-30-13-9-8-12-29(26)30/h7-18,21,24,35H,19-20,22-23H2,1-6H3. The fourth-order valence-electron chi connectivity index (χ4n) is 4.94. The second kappa shape index (κ2) is 12.4. The monoisotopic (exact) mass is 539 g/mol. The van der Waals surface area contributed by atoms with Crippen LogP contribution in [0.4, 0.5) is 0 Å². The van der Waals surface area contributed by atoms with E-state index in [0.29, 0.717) is 25.1 Å². The fourth-order valence-corrected chi connectivity index (χ4v) is 4.94. The minimum absolute atomic E-state index is 0.000552. The van der Waals surface area contributed by atoms with Crippen LogP contribution < -0.4 is 4.74 Å². The first-order chi connectivity index (χ1) is 19.1. The highest BCUT2D eigenvalue weighted by Crippen LogP contribution is 2.24. The van der Waals surface area contributed by atoms with Crippen LogP contribution in [0.5, 0.6) is 5.75 Å². The van der Waals surface area contributed by atoms with E-state index in [1.165, 1.54) is 0 Å². The molecule has 0 bridgehead atoms. The number of carbonyl (C=O) groups is 2. The lowest BCUT2D eigenvalue weighted by atomic mass is 9.86. The maximum absolute atomic E-state index is 13.9. The predicted octanol–water partition coefficient (Wildman–Crippen LogP) is 6.60. The van der Waals surface area contributed by atoms with E-state index in [1.54, 1.807) is 12.0 Å². The molecule has 1 N–H and O–H groups in total. The molecule has 0 saturated heterocycles. The molecule has 2 amide bonds. The predicted molar refractivity (Wildman–Crippen MR) is 162 cm³/mol. The van der Waals surface area contributed by atoms with E-state index in [-0.39, 0.29) is 29.8 Å². The van der Waals surface area contributed by atoms with Crippen LogP contribution in [0.3, 0.4) is 0 Å². The Morgan fingerprint density at radius 1 is 0.900 bits per heavy atom. The molecule has 1 heterocycles. The molecule has 0 radical (unpaired) electrons. The van der Waals surface area contributed by atoms with Crippen LogP contribution in [0, 0.1) is 0 Å². The largest absolute Gasteiger partial charge is 0.496 e. The summed E-state index contributed by atoms with van der Waals surface area (Å²) in [5.74, 6) is 0.500. The average Bonchev–Trinajstić information content (AvgIpc) is 3.36. The van der Waals surface area contributed by atoms with Gasteiger partial charge in [-0.15, -0.1) is 0 Å². The highest BCUT2D eigenvalue weighted by Gasteiger charge is 2.26. The molecule has 0 aliphatic rings. The van der Waals surface area contributed by atoms with Crippen molar-refractivity contribution in [2.45, 2.75) is 59.0 Å². The van der Waals surface area contributed by atoms with Crippen LogP contribution in [-0.2, 0) is 23.2 Å². The number of hydrogen-bond acceptors (Lipinski definition) is 3. The summed E-state index contributed by atoms with van der Waals surface area (Å²) >= 11 is 0. The van der Waals surface area contributed by atoms with Crippen molar-refractivity contribution >= 4 is 22.7 Å². The Labute approximate surface area is 238 Å². The van der Waals surface area contributed by atoms with Crippen LogP contribution in [0.25, 0.3) is 10.9 Å². The smallest absolute Gasteiger partial charge is 0.254 e. The van der Waals surface area contributed by atoms with Crippen molar-refractivity contribution in [3.05, 3.63) is 101 Å². The fraction of sp³-hybridized carbons (Fsp3) is 0.353. The first kappa shape index (κ1) is 28.9. The summed E-state index contributed by atoms with van der Waals surface area (Å²) in [6.45, 7) is 11.3. The van der Waals surface area contributed by atoms with Crippen molar-refractivity contribution < 1.29 is 14.3 Å². The number of aromatic amines is 1. The van der Waals surface area contributed by atoms with Crippen molar-refractivity contribution in [2.75, 3.05) is 20.2 Å². The molecule has 0 atom stereocenters. The summed E-state index contributed by atoms with van der Waals surface area (Å²) in [6.07, 6.45) is 2.70. The number of carbonyl (C=O) groups excluding carboxylic acids is 2. The van der Waals surface area contributed by atoms with Crippen molar-refractivity contribution in [1.29, 1.82) is 0 Å². The van der Waals surface area contributed by atoms with E-state index >= 15 is 0 Å². The van der Waals surface area contributed by atoms with Crippen molar-refractivity contribution in [2.24, 2.45) is 0 Å². The summed E-state index contributed by atoms with van der Waals surface area (Å²) in [7, 11) is 1.64. The van der Waals surface area contributed by atoms with Gasteiger partial charge in [0.2, 0.25) is 5.91 Å². The van der Waals surface area contributed by atoms with Gasteiger partial charge < -0.3 is 19.5 Å². The molecule has 1 aromatic heterocycles. The first-order valence-corrected chi connectivity index (χ1v) is 13.9. The van der Waals surface area contributed by atoms with E-state index in [9.17, 15) is 9.59 Å². The van der Waals surface area contributed by atoms with E-state index < -0.39 is 0 Å². The minimum atomic E-state index is -0.141. The van der Waals surface area contributed by atoms with Gasteiger partial charge in [-0.2, -0.15) is 0 Å². The molecular formula is C34H41N3O3. The molecule has 210 valence electrons. The zero-order chi connectivity index (χ0) is 28.9. The van der Waals surface area contributed by atoms with Gasteiger partial charge in [-0.25, -0.2) is 0 Å². The minimum Gasteiger partial charge on any atom is -0.496 e. The molecule has 0 unspecified atom stereocenters. The van der Waals surface area contributed by atoms with Gasteiger partial charge in [0.25, 0.3) is 5.91 Å². The van der Waals surface area contributed by atoms with Crippen molar-refractivity contribution in [3.63, 3.8) is 0 Å². The Hall–Kier alpha value is -4.06. The zero-order valence-electron chi connectivity index (χ0n) is 24.5. The van der Waals surface area contributed by atoms with Gasteiger partial charge in [0.1, 0.15) is 12.3 Å². The van der Waals surface area contributed by atoms with E-state index in [4.69, 9.17) is 4.74 Å². The highest BCUT2D eigenvalue weighted by atomic mass is 16.5. The topological polar surface area (TPSA) is 65.6 Å². The third-order valence-electron chi connectivity index (χ3n) is 7.42. The van der Waals surface area contributed by atoms with E-state index in [0.717, 1.165) is 33.3 Å². The number of nitrogens with one attached hydrogen (secondary N) is 1. The number of amides is 2. The Morgan fingerprint density at radius 2 is 1.57 bits per heavy atom. The number of para-hydroxylation sites is 2. The van der Waals surface area contributed by atoms with Crippen molar-refractivity contribution in [3.8, 4) is 5.75 Å². The Morgan fingerprint density at radius 3 is 2.25 bits per heavy atom. The van der Waals surface area contributed by atoms with Crippen LogP contribution in [-0.4, -0.2) is 52.8 Å². The maximum Gasteiger partial charge on any atom is 0.254 e. The lowest BCUT2D eigenvalue weighted by Crippen LogP contribution is -2.46. The van der Waals surface area contributed by atoms with E-state index in [1.807, 2.05) is 85.6 Å². The maximum atomic E-state index is 13.9. The first-order valence-electron chi connectivity index (χ1n) is 13.9. The average molecular weight is 540 g/mol. The van der Waals surface area contributed by atoms with Gasteiger partial charge in [0.05, 0.1) is 7.11 Å². The van der Waals surface area contributed by atoms with Crippen molar-refractivity contribution in [1.82, 2.24) is 14.8 Å². The van der Waals surface area contributed by atoms with Crippen LogP contribution in [0.2, 0.25) is 0 Å². The normalized spacial score (nSPS) is 11.6. The number of rotatable bonds is 10. The molecule has 0 saturated carbocycles. The third kappa shape index (κ3) is 6.74. The van der Waals surface area contributed by atoms with Gasteiger partial charge >= 0.3 is 0 Å².